The predicted molar refractivity (Wildman–Crippen MR) is 100 cm³/mol. The predicted octanol–water partition coefficient (Wildman–Crippen LogP) is 3.80. The van der Waals surface area contributed by atoms with E-state index in [1.807, 2.05) is 0 Å². The van der Waals surface area contributed by atoms with Crippen molar-refractivity contribution in [1.29, 1.82) is 0 Å². The van der Waals surface area contributed by atoms with Gasteiger partial charge in [0, 0.05) is 22.9 Å². The van der Waals surface area contributed by atoms with Gasteiger partial charge in [0.15, 0.2) is 0 Å². The molecular weight excluding hydrogens is 376 g/mol. The maximum Gasteiger partial charge on any atom is 0.220 e. The average Bonchev–Trinajstić information content (AvgIpc) is 3.33. The van der Waals surface area contributed by atoms with Crippen LogP contribution in [0.3, 0.4) is 0 Å². The van der Waals surface area contributed by atoms with Crippen molar-refractivity contribution in [3.63, 3.8) is 0 Å². The molecular formula is C18H26BrClN2O. The number of carbonyl (C=O) groups is 1. The van der Waals surface area contributed by atoms with Crippen LogP contribution in [0, 0.1) is 5.92 Å². The van der Waals surface area contributed by atoms with Crippen molar-refractivity contribution in [3.05, 3.63) is 34.3 Å². The number of nitrogens with one attached hydrogen (secondary N) is 2. The second kappa shape index (κ2) is 8.50. The fraction of sp³-hybridized carbons (Fsp3) is 0.611. The standard InChI is InChI=1S/C18H25BrN2O.ClH/c19-16-3-1-2-15(12-16)18(8-9-18)13-21-17(22)5-4-14-6-10-20-11-7-14;/h1-3,12,14,20H,4-11,13H2,(H,21,22);1H. The van der Waals surface area contributed by atoms with Gasteiger partial charge in [-0.25, -0.2) is 0 Å². The molecule has 2 N–H and O–H groups in total. The van der Waals surface area contributed by atoms with E-state index in [1.54, 1.807) is 0 Å². The molecule has 1 aliphatic heterocycles. The third-order valence-corrected chi connectivity index (χ3v) is 5.65. The minimum absolute atomic E-state index is 0. The first-order chi connectivity index (χ1) is 10.7. The summed E-state index contributed by atoms with van der Waals surface area (Å²) in [5, 5.41) is 6.55. The van der Waals surface area contributed by atoms with Crippen LogP contribution in [0.2, 0.25) is 0 Å². The Bertz CT molecular complexity index is 528. The average molecular weight is 402 g/mol. The van der Waals surface area contributed by atoms with E-state index in [0.717, 1.165) is 36.4 Å². The fourth-order valence-corrected chi connectivity index (χ4v) is 3.80. The normalized spacial score (nSPS) is 19.7. The number of benzene rings is 1. The minimum Gasteiger partial charge on any atom is -0.355 e. The van der Waals surface area contributed by atoms with Gasteiger partial charge in [0.05, 0.1) is 0 Å². The molecule has 3 rings (SSSR count). The first-order valence-corrected chi connectivity index (χ1v) is 9.21. The van der Waals surface area contributed by atoms with E-state index in [-0.39, 0.29) is 23.7 Å². The van der Waals surface area contributed by atoms with Crippen molar-refractivity contribution in [3.8, 4) is 0 Å². The van der Waals surface area contributed by atoms with Gasteiger partial charge in [0.2, 0.25) is 5.91 Å². The zero-order valence-electron chi connectivity index (χ0n) is 13.4. The zero-order valence-corrected chi connectivity index (χ0v) is 15.8. The largest absolute Gasteiger partial charge is 0.355 e. The van der Waals surface area contributed by atoms with Crippen molar-refractivity contribution in [2.24, 2.45) is 5.92 Å². The summed E-state index contributed by atoms with van der Waals surface area (Å²) in [4.78, 5) is 12.1. The molecule has 1 heterocycles. The molecule has 1 amide bonds. The third kappa shape index (κ3) is 5.20. The van der Waals surface area contributed by atoms with Gasteiger partial charge >= 0.3 is 0 Å². The maximum absolute atomic E-state index is 12.1. The Kier molecular flexibility index (Phi) is 6.93. The summed E-state index contributed by atoms with van der Waals surface area (Å²) in [6.45, 7) is 3.01. The highest BCUT2D eigenvalue weighted by atomic mass is 79.9. The van der Waals surface area contributed by atoms with Crippen molar-refractivity contribution >= 4 is 34.2 Å². The van der Waals surface area contributed by atoms with E-state index in [2.05, 4.69) is 50.8 Å². The van der Waals surface area contributed by atoms with Crippen LogP contribution in [0.15, 0.2) is 28.7 Å². The van der Waals surface area contributed by atoms with Gasteiger partial charge < -0.3 is 10.6 Å². The molecule has 1 aromatic rings. The molecule has 2 aliphatic rings. The van der Waals surface area contributed by atoms with Crippen LogP contribution >= 0.6 is 28.3 Å². The van der Waals surface area contributed by atoms with Crippen molar-refractivity contribution in [2.45, 2.75) is 43.9 Å². The molecule has 1 saturated carbocycles. The molecule has 0 aromatic heterocycles. The van der Waals surface area contributed by atoms with E-state index in [1.165, 1.54) is 31.2 Å². The molecule has 23 heavy (non-hydrogen) atoms. The van der Waals surface area contributed by atoms with Gasteiger partial charge in [-0.15, -0.1) is 12.4 Å². The summed E-state index contributed by atoms with van der Waals surface area (Å²) in [7, 11) is 0. The highest BCUT2D eigenvalue weighted by molar-refractivity contribution is 9.10. The monoisotopic (exact) mass is 400 g/mol. The molecule has 1 saturated heterocycles. The van der Waals surface area contributed by atoms with Crippen LogP contribution in [-0.2, 0) is 10.2 Å². The first kappa shape index (κ1) is 18.8. The topological polar surface area (TPSA) is 41.1 Å². The Hall–Kier alpha value is -0.580. The van der Waals surface area contributed by atoms with E-state index in [0.29, 0.717) is 6.42 Å². The Morgan fingerprint density at radius 1 is 1.30 bits per heavy atom. The molecule has 1 aliphatic carbocycles. The maximum atomic E-state index is 12.1. The first-order valence-electron chi connectivity index (χ1n) is 8.41. The van der Waals surface area contributed by atoms with Gasteiger partial charge in [0.1, 0.15) is 0 Å². The number of carbonyl (C=O) groups excluding carboxylic acids is 1. The SMILES string of the molecule is Cl.O=C(CCC1CCNCC1)NCC1(c2cccc(Br)c2)CC1. The van der Waals surface area contributed by atoms with Crippen LogP contribution in [0.4, 0.5) is 0 Å². The highest BCUT2D eigenvalue weighted by Crippen LogP contribution is 2.48. The van der Waals surface area contributed by atoms with E-state index >= 15 is 0 Å². The summed E-state index contributed by atoms with van der Waals surface area (Å²) in [6.07, 6.45) is 6.51. The number of hydrogen-bond acceptors (Lipinski definition) is 2. The van der Waals surface area contributed by atoms with Gasteiger partial charge in [-0.3, -0.25) is 4.79 Å². The van der Waals surface area contributed by atoms with Crippen molar-refractivity contribution < 1.29 is 4.79 Å². The molecule has 5 heteroatoms. The van der Waals surface area contributed by atoms with Crippen LogP contribution in [0.5, 0.6) is 0 Å². The fourth-order valence-electron chi connectivity index (χ4n) is 3.40. The summed E-state index contributed by atoms with van der Waals surface area (Å²) in [5.74, 6) is 0.951. The second-order valence-electron chi connectivity index (χ2n) is 6.80. The Morgan fingerprint density at radius 3 is 2.70 bits per heavy atom. The van der Waals surface area contributed by atoms with Crippen LogP contribution in [-0.4, -0.2) is 25.5 Å². The summed E-state index contributed by atoms with van der Waals surface area (Å²) < 4.78 is 1.12. The van der Waals surface area contributed by atoms with Gasteiger partial charge in [-0.2, -0.15) is 0 Å². The lowest BCUT2D eigenvalue weighted by atomic mass is 9.93. The number of rotatable bonds is 6. The van der Waals surface area contributed by atoms with Gasteiger partial charge in [0.25, 0.3) is 0 Å². The number of halogens is 2. The number of hydrogen-bond donors (Lipinski definition) is 2. The Balaban J connectivity index is 0.00000192. The third-order valence-electron chi connectivity index (χ3n) is 5.15. The van der Waals surface area contributed by atoms with Crippen LogP contribution in [0.25, 0.3) is 0 Å². The Morgan fingerprint density at radius 2 is 2.04 bits per heavy atom. The van der Waals surface area contributed by atoms with Crippen molar-refractivity contribution in [1.82, 2.24) is 10.6 Å². The molecule has 128 valence electrons. The molecule has 0 spiro atoms. The summed E-state index contributed by atoms with van der Waals surface area (Å²) >= 11 is 3.54. The number of piperidine rings is 1. The van der Waals surface area contributed by atoms with E-state index in [9.17, 15) is 4.79 Å². The second-order valence-corrected chi connectivity index (χ2v) is 7.72. The molecule has 3 nitrogen and oxygen atoms in total. The lowest BCUT2D eigenvalue weighted by Crippen LogP contribution is -2.33. The van der Waals surface area contributed by atoms with E-state index in [4.69, 9.17) is 0 Å². The Labute approximate surface area is 153 Å². The van der Waals surface area contributed by atoms with Gasteiger partial charge in [-0.05, 0) is 68.8 Å². The highest BCUT2D eigenvalue weighted by Gasteiger charge is 2.44. The van der Waals surface area contributed by atoms with Crippen molar-refractivity contribution in [2.75, 3.05) is 19.6 Å². The minimum atomic E-state index is 0. The molecule has 0 atom stereocenters. The molecule has 0 radical (unpaired) electrons. The van der Waals surface area contributed by atoms with Crippen LogP contribution < -0.4 is 10.6 Å². The van der Waals surface area contributed by atoms with E-state index < -0.39 is 0 Å². The zero-order chi connectivity index (χ0) is 15.4. The molecule has 0 bridgehead atoms. The smallest absolute Gasteiger partial charge is 0.220 e. The lowest BCUT2D eigenvalue weighted by molar-refractivity contribution is -0.121. The summed E-state index contributed by atoms with van der Waals surface area (Å²) in [5.41, 5.74) is 1.54. The molecule has 2 fully saturated rings. The molecule has 0 unspecified atom stereocenters. The molecule has 1 aromatic carbocycles. The summed E-state index contributed by atoms with van der Waals surface area (Å²) in [6, 6.07) is 8.50. The van der Waals surface area contributed by atoms with Gasteiger partial charge in [-0.1, -0.05) is 28.1 Å². The van der Waals surface area contributed by atoms with Crippen LogP contribution in [0.1, 0.15) is 44.1 Å². The quantitative estimate of drug-likeness (QED) is 0.761. The number of amides is 1. The lowest BCUT2D eigenvalue weighted by Gasteiger charge is -2.22.